The van der Waals surface area contributed by atoms with Gasteiger partial charge in [-0.15, -0.1) is 0 Å². The number of rotatable bonds is 3. The summed E-state index contributed by atoms with van der Waals surface area (Å²) in [5.74, 6) is -0.234. The Labute approximate surface area is 121 Å². The fourth-order valence-corrected chi connectivity index (χ4v) is 2.28. The van der Waals surface area contributed by atoms with Gasteiger partial charge in [-0.25, -0.2) is 0 Å². The van der Waals surface area contributed by atoms with E-state index in [0.29, 0.717) is 5.56 Å². The average Bonchev–Trinajstić information content (AvgIpc) is 2.37. The molecule has 0 radical (unpaired) electrons. The number of hydrogen-bond acceptors (Lipinski definition) is 3. The van der Waals surface area contributed by atoms with Crippen LogP contribution in [-0.2, 0) is 0 Å². The predicted molar refractivity (Wildman–Crippen MR) is 77.5 cm³/mol. The normalized spacial score (nSPS) is 10.3. The van der Waals surface area contributed by atoms with Crippen LogP contribution in [0.5, 0.6) is 0 Å². The lowest BCUT2D eigenvalue weighted by atomic mass is 9.97. The van der Waals surface area contributed by atoms with Crippen LogP contribution in [-0.4, -0.2) is 10.7 Å². The maximum atomic E-state index is 12.4. The molecule has 0 aliphatic carbocycles. The maximum Gasteiger partial charge on any atom is 0.270 e. The number of nitrogens with zero attached hydrogens (tertiary/aromatic N) is 1. The summed E-state index contributed by atoms with van der Waals surface area (Å²) in [6.07, 6.45) is 0. The molecule has 4 nitrogen and oxygen atoms in total. The Morgan fingerprint density at radius 3 is 2.30 bits per heavy atom. The van der Waals surface area contributed by atoms with E-state index in [1.54, 1.807) is 6.07 Å². The smallest absolute Gasteiger partial charge is 0.270 e. The molecule has 0 spiro atoms. The minimum absolute atomic E-state index is 0.0872. The third-order valence-electron chi connectivity index (χ3n) is 3.03. The molecule has 0 aliphatic heterocycles. The van der Waals surface area contributed by atoms with Gasteiger partial charge in [0.05, 0.1) is 9.95 Å². The Balaban J connectivity index is 2.46. The molecule has 0 bridgehead atoms. The number of carbonyl (C=O) groups excluding carboxylic acids is 1. The molecule has 102 valence electrons. The summed E-state index contributed by atoms with van der Waals surface area (Å²) in [6, 6.07) is 9.36. The highest BCUT2D eigenvalue weighted by Gasteiger charge is 2.17. The number of halogens is 1. The van der Waals surface area contributed by atoms with Crippen molar-refractivity contribution < 1.29 is 9.72 Å². The van der Waals surface area contributed by atoms with E-state index in [-0.39, 0.29) is 22.1 Å². The van der Waals surface area contributed by atoms with Gasteiger partial charge < -0.3 is 0 Å². The van der Waals surface area contributed by atoms with Crippen molar-refractivity contribution in [3.63, 3.8) is 0 Å². The van der Waals surface area contributed by atoms with Gasteiger partial charge in [0.1, 0.15) is 0 Å². The molecule has 0 N–H and O–H groups in total. The molecule has 0 aromatic heterocycles. The van der Waals surface area contributed by atoms with E-state index in [0.717, 1.165) is 11.1 Å². The number of aryl methyl sites for hydroxylation is 2. The minimum Gasteiger partial charge on any atom is -0.289 e. The molecule has 0 saturated carbocycles. The Bertz CT molecular complexity index is 710. The number of nitro benzene ring substituents is 1. The molecule has 5 heteroatoms. The van der Waals surface area contributed by atoms with Crippen molar-refractivity contribution in [2.75, 3.05) is 0 Å². The summed E-state index contributed by atoms with van der Waals surface area (Å²) in [4.78, 5) is 22.5. The van der Waals surface area contributed by atoms with Gasteiger partial charge in [0.15, 0.2) is 5.78 Å². The summed E-state index contributed by atoms with van der Waals surface area (Å²) < 4.78 is 0. The fraction of sp³-hybridized carbons (Fsp3) is 0.133. The van der Waals surface area contributed by atoms with Gasteiger partial charge in [0, 0.05) is 23.3 Å². The van der Waals surface area contributed by atoms with E-state index in [4.69, 9.17) is 11.6 Å². The second-order valence-electron chi connectivity index (χ2n) is 4.57. The van der Waals surface area contributed by atoms with Crippen molar-refractivity contribution in [1.82, 2.24) is 0 Å². The van der Waals surface area contributed by atoms with Crippen LogP contribution >= 0.6 is 11.6 Å². The largest absolute Gasteiger partial charge is 0.289 e. The molecular weight excluding hydrogens is 278 g/mol. The van der Waals surface area contributed by atoms with Gasteiger partial charge in [-0.05, 0) is 25.5 Å². The van der Waals surface area contributed by atoms with Crippen LogP contribution in [0.25, 0.3) is 0 Å². The molecule has 0 atom stereocenters. The van der Waals surface area contributed by atoms with Gasteiger partial charge in [0.25, 0.3) is 5.69 Å². The maximum absolute atomic E-state index is 12.4. The zero-order valence-corrected chi connectivity index (χ0v) is 11.8. The van der Waals surface area contributed by atoms with E-state index in [1.807, 2.05) is 26.0 Å². The standard InChI is InChI=1S/C15H12ClNO3/c1-9-3-5-12(10(2)7-9)15(18)13-6-4-11(17(19)20)8-14(13)16/h3-8H,1-2H3. The van der Waals surface area contributed by atoms with Crippen molar-refractivity contribution in [3.05, 3.63) is 73.8 Å². The van der Waals surface area contributed by atoms with E-state index in [1.165, 1.54) is 18.2 Å². The van der Waals surface area contributed by atoms with Crippen LogP contribution < -0.4 is 0 Å². The molecule has 2 aromatic carbocycles. The third-order valence-corrected chi connectivity index (χ3v) is 3.35. The summed E-state index contributed by atoms with van der Waals surface area (Å²) in [5, 5.41) is 10.7. The summed E-state index contributed by atoms with van der Waals surface area (Å²) in [6.45, 7) is 3.79. The van der Waals surface area contributed by atoms with Crippen molar-refractivity contribution in [2.45, 2.75) is 13.8 Å². The quantitative estimate of drug-likeness (QED) is 0.485. The van der Waals surface area contributed by atoms with Crippen LogP contribution in [0.4, 0.5) is 5.69 Å². The van der Waals surface area contributed by atoms with Gasteiger partial charge in [0.2, 0.25) is 0 Å². The third kappa shape index (κ3) is 2.70. The lowest BCUT2D eigenvalue weighted by Crippen LogP contribution is -2.05. The van der Waals surface area contributed by atoms with Crippen LogP contribution in [0.3, 0.4) is 0 Å². The first kappa shape index (κ1) is 14.2. The highest BCUT2D eigenvalue weighted by Crippen LogP contribution is 2.25. The summed E-state index contributed by atoms with van der Waals surface area (Å²) in [5.41, 5.74) is 2.60. The first-order valence-electron chi connectivity index (χ1n) is 5.96. The number of hydrogen-bond donors (Lipinski definition) is 0. The molecule has 0 amide bonds. The van der Waals surface area contributed by atoms with Crippen LogP contribution in [0, 0.1) is 24.0 Å². The first-order valence-corrected chi connectivity index (χ1v) is 6.34. The van der Waals surface area contributed by atoms with Gasteiger partial charge in [-0.3, -0.25) is 14.9 Å². The van der Waals surface area contributed by atoms with Gasteiger partial charge in [-0.1, -0.05) is 35.4 Å². The summed E-state index contributed by atoms with van der Waals surface area (Å²) in [7, 11) is 0. The highest BCUT2D eigenvalue weighted by atomic mass is 35.5. The molecule has 0 aliphatic rings. The number of carbonyl (C=O) groups is 1. The number of ketones is 1. The lowest BCUT2D eigenvalue weighted by molar-refractivity contribution is -0.384. The van der Waals surface area contributed by atoms with E-state index < -0.39 is 4.92 Å². The van der Waals surface area contributed by atoms with E-state index in [9.17, 15) is 14.9 Å². The molecule has 0 heterocycles. The molecule has 0 saturated heterocycles. The topological polar surface area (TPSA) is 60.2 Å². The Kier molecular flexibility index (Phi) is 3.86. The predicted octanol–water partition coefficient (Wildman–Crippen LogP) is 4.10. The Morgan fingerprint density at radius 2 is 1.75 bits per heavy atom. The SMILES string of the molecule is Cc1ccc(C(=O)c2ccc([N+](=O)[O-])cc2Cl)c(C)c1. The molecule has 0 unspecified atom stereocenters. The van der Waals surface area contributed by atoms with Crippen molar-refractivity contribution in [2.24, 2.45) is 0 Å². The fourth-order valence-electron chi connectivity index (χ4n) is 2.02. The van der Waals surface area contributed by atoms with Crippen molar-refractivity contribution in [1.29, 1.82) is 0 Å². The monoisotopic (exact) mass is 289 g/mol. The summed E-state index contributed by atoms with van der Waals surface area (Å²) >= 11 is 5.98. The molecule has 2 aromatic rings. The zero-order valence-electron chi connectivity index (χ0n) is 11.0. The zero-order chi connectivity index (χ0) is 14.9. The Hall–Kier alpha value is -2.20. The second kappa shape index (κ2) is 5.43. The first-order chi connectivity index (χ1) is 9.40. The molecule has 2 rings (SSSR count). The Morgan fingerprint density at radius 1 is 1.10 bits per heavy atom. The highest BCUT2D eigenvalue weighted by molar-refractivity contribution is 6.35. The molecular formula is C15H12ClNO3. The number of nitro groups is 1. The number of non-ortho nitro benzene ring substituents is 1. The number of benzene rings is 2. The second-order valence-corrected chi connectivity index (χ2v) is 4.98. The van der Waals surface area contributed by atoms with E-state index in [2.05, 4.69) is 0 Å². The minimum atomic E-state index is -0.544. The molecule has 20 heavy (non-hydrogen) atoms. The molecule has 0 fully saturated rings. The van der Waals surface area contributed by atoms with Gasteiger partial charge in [-0.2, -0.15) is 0 Å². The van der Waals surface area contributed by atoms with Crippen LogP contribution in [0.2, 0.25) is 5.02 Å². The van der Waals surface area contributed by atoms with Crippen LogP contribution in [0.1, 0.15) is 27.0 Å². The van der Waals surface area contributed by atoms with Crippen molar-refractivity contribution >= 4 is 23.1 Å². The van der Waals surface area contributed by atoms with Gasteiger partial charge >= 0.3 is 0 Å². The average molecular weight is 290 g/mol. The van der Waals surface area contributed by atoms with Crippen LogP contribution in [0.15, 0.2) is 36.4 Å². The van der Waals surface area contributed by atoms with E-state index >= 15 is 0 Å². The van der Waals surface area contributed by atoms with Crippen molar-refractivity contribution in [3.8, 4) is 0 Å². The lowest BCUT2D eigenvalue weighted by Gasteiger charge is -2.07.